The molecule has 0 bridgehead atoms. The number of sulfonamides is 1. The first-order chi connectivity index (χ1) is 10.8. The van der Waals surface area contributed by atoms with Gasteiger partial charge in [0.05, 0.1) is 4.90 Å². The van der Waals surface area contributed by atoms with E-state index in [9.17, 15) is 8.42 Å². The molecule has 8 heteroatoms. The van der Waals surface area contributed by atoms with Crippen LogP contribution in [0.3, 0.4) is 0 Å². The maximum Gasteiger partial charge on any atom is 0.240 e. The first-order valence-corrected chi connectivity index (χ1v) is 9.38. The van der Waals surface area contributed by atoms with Gasteiger partial charge in [-0.1, -0.05) is 28.1 Å². The molecular formula is C15H16BrN3O2S2. The number of aryl methyl sites for hydroxylation is 1. The number of anilines is 2. The molecule has 0 aliphatic heterocycles. The quantitative estimate of drug-likeness (QED) is 0.669. The van der Waals surface area contributed by atoms with E-state index in [-0.39, 0.29) is 4.90 Å². The number of benzene rings is 2. The van der Waals surface area contributed by atoms with Crippen molar-refractivity contribution >= 4 is 54.7 Å². The summed E-state index contributed by atoms with van der Waals surface area (Å²) in [6.45, 7) is 1.74. The zero-order valence-corrected chi connectivity index (χ0v) is 15.8. The minimum absolute atomic E-state index is 0.218. The molecule has 0 spiro atoms. The second-order valence-electron chi connectivity index (χ2n) is 4.78. The molecule has 0 aromatic heterocycles. The van der Waals surface area contributed by atoms with Gasteiger partial charge in [-0.15, -0.1) is 0 Å². The van der Waals surface area contributed by atoms with Gasteiger partial charge in [0.2, 0.25) is 10.0 Å². The molecule has 2 rings (SSSR count). The average molecular weight is 414 g/mol. The van der Waals surface area contributed by atoms with Crippen molar-refractivity contribution in [2.75, 3.05) is 17.7 Å². The van der Waals surface area contributed by atoms with Crippen molar-refractivity contribution in [2.24, 2.45) is 0 Å². The van der Waals surface area contributed by atoms with Gasteiger partial charge >= 0.3 is 0 Å². The van der Waals surface area contributed by atoms with Crippen LogP contribution in [0.25, 0.3) is 0 Å². The van der Waals surface area contributed by atoms with E-state index in [1.165, 1.54) is 7.05 Å². The van der Waals surface area contributed by atoms with Crippen molar-refractivity contribution in [1.82, 2.24) is 4.72 Å². The summed E-state index contributed by atoms with van der Waals surface area (Å²) < 4.78 is 27.2. The number of hydrogen-bond donors (Lipinski definition) is 3. The Morgan fingerprint density at radius 1 is 1.09 bits per heavy atom. The van der Waals surface area contributed by atoms with Crippen LogP contribution in [0.15, 0.2) is 51.8 Å². The summed E-state index contributed by atoms with van der Waals surface area (Å²) in [6, 6.07) is 12.6. The van der Waals surface area contributed by atoms with Crippen molar-refractivity contribution in [3.8, 4) is 0 Å². The second-order valence-corrected chi connectivity index (χ2v) is 7.96. The van der Waals surface area contributed by atoms with Crippen molar-refractivity contribution < 1.29 is 8.42 Å². The predicted molar refractivity (Wildman–Crippen MR) is 101 cm³/mol. The zero-order valence-electron chi connectivity index (χ0n) is 12.6. The Hall–Kier alpha value is -1.48. The fourth-order valence-electron chi connectivity index (χ4n) is 1.94. The topological polar surface area (TPSA) is 70.2 Å². The van der Waals surface area contributed by atoms with E-state index >= 15 is 0 Å². The lowest BCUT2D eigenvalue weighted by Gasteiger charge is -2.13. The summed E-state index contributed by atoms with van der Waals surface area (Å²) in [4.78, 5) is 0.218. The maximum atomic E-state index is 12.0. The van der Waals surface area contributed by atoms with Crippen LogP contribution < -0.4 is 15.4 Å². The van der Waals surface area contributed by atoms with Gasteiger partial charge in [0.25, 0.3) is 0 Å². The Bertz CT molecular complexity index is 838. The minimum Gasteiger partial charge on any atom is -0.332 e. The summed E-state index contributed by atoms with van der Waals surface area (Å²) >= 11 is 8.65. The Labute approximate surface area is 149 Å². The molecule has 0 aliphatic rings. The highest BCUT2D eigenvalue weighted by atomic mass is 79.9. The van der Waals surface area contributed by atoms with Crippen LogP contribution >= 0.6 is 28.1 Å². The fourth-order valence-corrected chi connectivity index (χ4v) is 3.57. The van der Waals surface area contributed by atoms with Crippen molar-refractivity contribution in [3.63, 3.8) is 0 Å². The Morgan fingerprint density at radius 2 is 1.74 bits per heavy atom. The van der Waals surface area contributed by atoms with Crippen molar-refractivity contribution in [2.45, 2.75) is 11.8 Å². The molecule has 5 nitrogen and oxygen atoms in total. The molecule has 0 radical (unpaired) electrons. The standard InChI is InChI=1S/C15H16BrN3O2S2/c1-10-6-7-13(9-14(10)23(20,21)17-2)19-15(22)18-12-5-3-4-11(16)8-12/h3-9,17H,1-2H3,(H2,18,19,22). The lowest BCUT2D eigenvalue weighted by Crippen LogP contribution is -2.21. The molecule has 0 atom stereocenters. The van der Waals surface area contributed by atoms with Crippen LogP contribution in [0.1, 0.15) is 5.56 Å². The normalized spacial score (nSPS) is 11.1. The SMILES string of the molecule is CNS(=O)(=O)c1cc(NC(=S)Nc2cccc(Br)c2)ccc1C. The molecule has 0 aliphatic carbocycles. The lowest BCUT2D eigenvalue weighted by molar-refractivity contribution is 0.587. The van der Waals surface area contributed by atoms with Gasteiger partial charge in [-0.2, -0.15) is 0 Å². The lowest BCUT2D eigenvalue weighted by atomic mass is 10.2. The number of nitrogens with one attached hydrogen (secondary N) is 3. The molecule has 2 aromatic rings. The largest absolute Gasteiger partial charge is 0.332 e. The highest BCUT2D eigenvalue weighted by molar-refractivity contribution is 9.10. The van der Waals surface area contributed by atoms with Gasteiger partial charge in [0, 0.05) is 15.8 Å². The molecule has 0 saturated carbocycles. The first-order valence-electron chi connectivity index (χ1n) is 6.69. The number of rotatable bonds is 4. The van der Waals surface area contributed by atoms with E-state index in [4.69, 9.17) is 12.2 Å². The van der Waals surface area contributed by atoms with E-state index in [1.54, 1.807) is 25.1 Å². The summed E-state index contributed by atoms with van der Waals surface area (Å²) in [7, 11) is -2.13. The van der Waals surface area contributed by atoms with Crippen LogP contribution in [-0.2, 0) is 10.0 Å². The Morgan fingerprint density at radius 3 is 2.35 bits per heavy atom. The molecule has 0 unspecified atom stereocenters. The molecule has 23 heavy (non-hydrogen) atoms. The van der Waals surface area contributed by atoms with E-state index in [0.717, 1.165) is 10.2 Å². The van der Waals surface area contributed by atoms with Crippen LogP contribution in [0, 0.1) is 6.92 Å². The summed E-state index contributed by atoms with van der Waals surface area (Å²) in [5.41, 5.74) is 2.08. The second kappa shape index (κ2) is 7.39. The zero-order chi connectivity index (χ0) is 17.0. The number of thiocarbonyl (C=S) groups is 1. The van der Waals surface area contributed by atoms with Gasteiger partial charge in [-0.3, -0.25) is 0 Å². The molecule has 0 saturated heterocycles. The highest BCUT2D eigenvalue weighted by Gasteiger charge is 2.15. The predicted octanol–water partition coefficient (Wildman–Crippen LogP) is 3.47. The molecular weight excluding hydrogens is 398 g/mol. The summed E-state index contributed by atoms with van der Waals surface area (Å²) in [5.74, 6) is 0. The Balaban J connectivity index is 2.17. The van der Waals surface area contributed by atoms with Crippen molar-refractivity contribution in [3.05, 3.63) is 52.5 Å². The molecule has 0 amide bonds. The maximum absolute atomic E-state index is 12.0. The van der Waals surface area contributed by atoms with Gasteiger partial charge in [0.15, 0.2) is 5.11 Å². The van der Waals surface area contributed by atoms with Crippen LogP contribution in [0.5, 0.6) is 0 Å². The van der Waals surface area contributed by atoms with Crippen LogP contribution in [0.4, 0.5) is 11.4 Å². The average Bonchev–Trinajstić information content (AvgIpc) is 2.49. The molecule has 122 valence electrons. The third-order valence-electron chi connectivity index (χ3n) is 3.09. The van der Waals surface area contributed by atoms with Gasteiger partial charge in [-0.05, 0) is 62.1 Å². The van der Waals surface area contributed by atoms with E-state index in [2.05, 4.69) is 31.3 Å². The Kier molecular flexibility index (Phi) is 5.74. The van der Waals surface area contributed by atoms with E-state index in [1.807, 2.05) is 24.3 Å². The number of halogens is 1. The van der Waals surface area contributed by atoms with Crippen LogP contribution in [-0.4, -0.2) is 20.6 Å². The van der Waals surface area contributed by atoms with Gasteiger partial charge in [-0.25, -0.2) is 13.1 Å². The fraction of sp³-hybridized carbons (Fsp3) is 0.133. The van der Waals surface area contributed by atoms with Crippen LogP contribution in [0.2, 0.25) is 0 Å². The third kappa shape index (κ3) is 4.74. The monoisotopic (exact) mass is 413 g/mol. The molecule has 0 fully saturated rings. The van der Waals surface area contributed by atoms with Gasteiger partial charge in [0.1, 0.15) is 0 Å². The van der Waals surface area contributed by atoms with E-state index in [0.29, 0.717) is 16.4 Å². The molecule has 3 N–H and O–H groups in total. The summed E-state index contributed by atoms with van der Waals surface area (Å²) in [6.07, 6.45) is 0. The minimum atomic E-state index is -3.51. The van der Waals surface area contributed by atoms with Gasteiger partial charge < -0.3 is 10.6 Å². The summed E-state index contributed by atoms with van der Waals surface area (Å²) in [5, 5.41) is 6.40. The number of hydrogen-bond acceptors (Lipinski definition) is 3. The molecule has 0 heterocycles. The highest BCUT2D eigenvalue weighted by Crippen LogP contribution is 2.21. The molecule has 2 aromatic carbocycles. The smallest absolute Gasteiger partial charge is 0.240 e. The first kappa shape index (κ1) is 17.9. The van der Waals surface area contributed by atoms with E-state index < -0.39 is 10.0 Å². The third-order valence-corrected chi connectivity index (χ3v) is 5.34. The van der Waals surface area contributed by atoms with Crippen molar-refractivity contribution in [1.29, 1.82) is 0 Å².